The van der Waals surface area contributed by atoms with Crippen molar-refractivity contribution in [3.63, 3.8) is 0 Å². The Balaban J connectivity index is 1.73. The third-order valence-corrected chi connectivity index (χ3v) is 3.94. The molecule has 20 heavy (non-hydrogen) atoms. The highest BCUT2D eigenvalue weighted by atomic mass is 79.9. The Kier molecular flexibility index (Phi) is 3.60. The molecular weight excluding hydrogens is 324 g/mol. The fourth-order valence-electron chi connectivity index (χ4n) is 2.50. The number of hydrogen-bond acceptors (Lipinski definition) is 4. The Bertz CT molecular complexity index is 621. The number of carbonyl (C=O) groups excluding carboxylic acids is 1. The molecule has 3 rings (SSSR count). The number of nitrogens with one attached hydrogen (secondary N) is 1. The molecule has 0 radical (unpaired) electrons. The summed E-state index contributed by atoms with van der Waals surface area (Å²) in [5.41, 5.74) is 0.597. The molecule has 3 heterocycles. The third kappa shape index (κ3) is 2.63. The lowest BCUT2D eigenvalue weighted by molar-refractivity contribution is 0.0690. The number of aromatic amines is 1. The first kappa shape index (κ1) is 13.4. The summed E-state index contributed by atoms with van der Waals surface area (Å²) in [6.07, 6.45) is 3.68. The van der Waals surface area contributed by atoms with E-state index in [4.69, 9.17) is 4.52 Å². The molecule has 2 aromatic heterocycles. The lowest BCUT2D eigenvalue weighted by Crippen LogP contribution is -2.39. The quantitative estimate of drug-likeness (QED) is 0.912. The van der Waals surface area contributed by atoms with Crippen LogP contribution in [0.15, 0.2) is 21.3 Å². The fraction of sp³-hybridized carbons (Fsp3) is 0.462. The number of aromatic nitrogens is 3. The van der Waals surface area contributed by atoms with Crippen molar-refractivity contribution < 1.29 is 9.32 Å². The van der Waals surface area contributed by atoms with E-state index in [0.717, 1.165) is 23.9 Å². The Hall–Kier alpha value is -1.63. The van der Waals surface area contributed by atoms with Gasteiger partial charge in [-0.15, -0.1) is 0 Å². The van der Waals surface area contributed by atoms with Gasteiger partial charge in [-0.25, -0.2) is 0 Å². The molecule has 1 unspecified atom stereocenters. The molecule has 1 saturated heterocycles. The van der Waals surface area contributed by atoms with Crippen molar-refractivity contribution in [1.82, 2.24) is 20.0 Å². The molecule has 2 aromatic rings. The van der Waals surface area contributed by atoms with Crippen LogP contribution in [0, 0.1) is 6.92 Å². The van der Waals surface area contributed by atoms with E-state index in [9.17, 15) is 4.79 Å². The maximum absolute atomic E-state index is 12.4. The maximum atomic E-state index is 12.4. The smallest absolute Gasteiger partial charge is 0.270 e. The molecule has 1 N–H and O–H groups in total. The van der Waals surface area contributed by atoms with E-state index in [1.54, 1.807) is 19.2 Å². The number of piperidine rings is 1. The number of hydrogen-bond donors (Lipinski definition) is 1. The van der Waals surface area contributed by atoms with E-state index in [1.807, 2.05) is 4.90 Å². The molecule has 6 nitrogen and oxygen atoms in total. The molecule has 106 valence electrons. The van der Waals surface area contributed by atoms with Crippen LogP contribution in [0.5, 0.6) is 0 Å². The molecular formula is C13H15BrN4O2. The molecule has 1 amide bonds. The SMILES string of the molecule is Cc1noc(C2CCCN(C(=O)c3cc(Br)c[nH]3)C2)n1. The van der Waals surface area contributed by atoms with Gasteiger partial charge in [-0.3, -0.25) is 4.79 Å². The number of amides is 1. The summed E-state index contributed by atoms with van der Waals surface area (Å²) in [4.78, 5) is 21.5. The highest BCUT2D eigenvalue weighted by Gasteiger charge is 2.29. The first-order valence-corrected chi connectivity index (χ1v) is 7.36. The van der Waals surface area contributed by atoms with Crippen molar-refractivity contribution in [3.05, 3.63) is 34.1 Å². The number of aryl methyl sites for hydroxylation is 1. The average Bonchev–Trinajstić information content (AvgIpc) is 3.07. The molecule has 0 aromatic carbocycles. The molecule has 0 bridgehead atoms. The monoisotopic (exact) mass is 338 g/mol. The highest BCUT2D eigenvalue weighted by Crippen LogP contribution is 2.26. The minimum absolute atomic E-state index is 0.0108. The van der Waals surface area contributed by atoms with E-state index in [1.165, 1.54) is 0 Å². The Morgan fingerprint density at radius 3 is 3.10 bits per heavy atom. The number of rotatable bonds is 2. The van der Waals surface area contributed by atoms with Gasteiger partial charge < -0.3 is 14.4 Å². The van der Waals surface area contributed by atoms with Gasteiger partial charge in [0.15, 0.2) is 5.82 Å². The van der Waals surface area contributed by atoms with Gasteiger partial charge >= 0.3 is 0 Å². The first-order valence-electron chi connectivity index (χ1n) is 6.57. The largest absolute Gasteiger partial charge is 0.356 e. The zero-order chi connectivity index (χ0) is 14.1. The lowest BCUT2D eigenvalue weighted by atomic mass is 9.97. The molecule has 1 aliphatic heterocycles. The standard InChI is InChI=1S/C13H15BrN4O2/c1-8-16-12(20-17-8)9-3-2-4-18(7-9)13(19)11-5-10(14)6-15-11/h5-6,9,15H,2-4,7H2,1H3. The van der Waals surface area contributed by atoms with Crippen LogP contribution in [0.2, 0.25) is 0 Å². The molecule has 1 aliphatic rings. The van der Waals surface area contributed by atoms with Gasteiger partial charge in [-0.2, -0.15) is 4.98 Å². The van der Waals surface area contributed by atoms with E-state index >= 15 is 0 Å². The van der Waals surface area contributed by atoms with Crippen LogP contribution in [0.1, 0.15) is 41.0 Å². The van der Waals surface area contributed by atoms with Gasteiger partial charge in [0, 0.05) is 23.8 Å². The number of halogens is 1. The van der Waals surface area contributed by atoms with E-state index in [-0.39, 0.29) is 11.8 Å². The van der Waals surface area contributed by atoms with Crippen LogP contribution in [0.25, 0.3) is 0 Å². The van der Waals surface area contributed by atoms with Gasteiger partial charge in [-0.05, 0) is 41.8 Å². The topological polar surface area (TPSA) is 75.0 Å². The zero-order valence-electron chi connectivity index (χ0n) is 11.1. The summed E-state index contributed by atoms with van der Waals surface area (Å²) in [7, 11) is 0. The van der Waals surface area contributed by atoms with Crippen LogP contribution in [-0.4, -0.2) is 39.0 Å². The van der Waals surface area contributed by atoms with Crippen molar-refractivity contribution in [2.45, 2.75) is 25.7 Å². The van der Waals surface area contributed by atoms with Gasteiger partial charge in [0.25, 0.3) is 5.91 Å². The average molecular weight is 339 g/mol. The van der Waals surface area contributed by atoms with Crippen molar-refractivity contribution in [1.29, 1.82) is 0 Å². The highest BCUT2D eigenvalue weighted by molar-refractivity contribution is 9.10. The van der Waals surface area contributed by atoms with Gasteiger partial charge in [0.1, 0.15) is 5.69 Å². The van der Waals surface area contributed by atoms with Crippen LogP contribution < -0.4 is 0 Å². The predicted molar refractivity (Wildman–Crippen MR) is 75.4 cm³/mol. The summed E-state index contributed by atoms with van der Waals surface area (Å²) in [6, 6.07) is 1.79. The van der Waals surface area contributed by atoms with Gasteiger partial charge in [0.2, 0.25) is 5.89 Å². The van der Waals surface area contributed by atoms with Gasteiger partial charge in [-0.1, -0.05) is 5.16 Å². The fourth-order valence-corrected chi connectivity index (χ4v) is 2.85. The molecule has 1 atom stereocenters. The first-order chi connectivity index (χ1) is 9.63. The van der Waals surface area contributed by atoms with Crippen LogP contribution in [0.3, 0.4) is 0 Å². The van der Waals surface area contributed by atoms with Crippen LogP contribution in [0.4, 0.5) is 0 Å². The predicted octanol–water partition coefficient (Wildman–Crippen LogP) is 2.49. The molecule has 0 spiro atoms. The second kappa shape index (κ2) is 5.40. The number of likely N-dealkylation sites (tertiary alicyclic amines) is 1. The Morgan fingerprint density at radius 1 is 1.60 bits per heavy atom. The van der Waals surface area contributed by atoms with E-state index < -0.39 is 0 Å². The van der Waals surface area contributed by atoms with E-state index in [0.29, 0.717) is 24.0 Å². The number of carbonyl (C=O) groups is 1. The van der Waals surface area contributed by atoms with Crippen molar-refractivity contribution >= 4 is 21.8 Å². The summed E-state index contributed by atoms with van der Waals surface area (Å²) in [5.74, 6) is 1.41. The Labute approximate surface area is 124 Å². The molecule has 1 fully saturated rings. The maximum Gasteiger partial charge on any atom is 0.270 e. The number of nitrogens with zero attached hydrogens (tertiary/aromatic N) is 3. The normalized spacial score (nSPS) is 19.3. The summed E-state index contributed by atoms with van der Waals surface area (Å²) >= 11 is 3.34. The lowest BCUT2D eigenvalue weighted by Gasteiger charge is -2.30. The Morgan fingerprint density at radius 2 is 2.45 bits per heavy atom. The molecule has 0 aliphatic carbocycles. The van der Waals surface area contributed by atoms with Crippen molar-refractivity contribution in [2.24, 2.45) is 0 Å². The van der Waals surface area contributed by atoms with Gasteiger partial charge in [0.05, 0.1) is 5.92 Å². The van der Waals surface area contributed by atoms with Crippen molar-refractivity contribution in [3.8, 4) is 0 Å². The third-order valence-electron chi connectivity index (χ3n) is 3.48. The molecule has 7 heteroatoms. The van der Waals surface area contributed by atoms with Crippen LogP contribution >= 0.6 is 15.9 Å². The second-order valence-electron chi connectivity index (χ2n) is 5.00. The zero-order valence-corrected chi connectivity index (χ0v) is 12.7. The van der Waals surface area contributed by atoms with Crippen LogP contribution in [-0.2, 0) is 0 Å². The van der Waals surface area contributed by atoms with E-state index in [2.05, 4.69) is 31.1 Å². The second-order valence-corrected chi connectivity index (χ2v) is 5.92. The summed E-state index contributed by atoms with van der Waals surface area (Å²) in [6.45, 7) is 3.19. The minimum Gasteiger partial charge on any atom is -0.356 e. The molecule has 0 saturated carbocycles. The number of H-pyrrole nitrogens is 1. The minimum atomic E-state index is 0.0108. The summed E-state index contributed by atoms with van der Waals surface area (Å²) in [5, 5.41) is 3.82. The van der Waals surface area contributed by atoms with Crippen molar-refractivity contribution in [2.75, 3.05) is 13.1 Å². The summed E-state index contributed by atoms with van der Waals surface area (Å²) < 4.78 is 6.10.